The van der Waals surface area contributed by atoms with Gasteiger partial charge in [-0.3, -0.25) is 0 Å². The van der Waals surface area contributed by atoms with Crippen LogP contribution in [0.15, 0.2) is 40.4 Å². The largest absolute Gasteiger partial charge is 0.403 e. The molecule has 1 aromatic carbocycles. The Labute approximate surface area is 189 Å². The molecule has 32 heavy (non-hydrogen) atoms. The summed E-state index contributed by atoms with van der Waals surface area (Å²) in [5, 5.41) is 24.9. The molecule has 1 unspecified atom stereocenters. The van der Waals surface area contributed by atoms with Crippen molar-refractivity contribution in [1.82, 2.24) is 20.2 Å². The van der Waals surface area contributed by atoms with Crippen molar-refractivity contribution in [3.05, 3.63) is 36.0 Å². The lowest BCUT2D eigenvalue weighted by molar-refractivity contribution is 0.263. The van der Waals surface area contributed by atoms with Crippen molar-refractivity contribution in [3.63, 3.8) is 0 Å². The van der Waals surface area contributed by atoms with Crippen LogP contribution in [-0.2, 0) is 0 Å². The SMILES string of the molecule is CC(C)Nc1cc(Nc2ccc3ncsc3c2)ncc1-c1nnc(N2CCCC2CO)o1. The van der Waals surface area contributed by atoms with E-state index >= 15 is 0 Å². The average molecular weight is 452 g/mol. The van der Waals surface area contributed by atoms with Crippen LogP contribution in [0.4, 0.5) is 23.2 Å². The Kier molecular flexibility index (Phi) is 5.62. The highest BCUT2D eigenvalue weighted by atomic mass is 32.1. The third-order valence-electron chi connectivity index (χ3n) is 5.43. The smallest absolute Gasteiger partial charge is 0.318 e. The number of thiazole rings is 1. The molecule has 4 heterocycles. The van der Waals surface area contributed by atoms with Crippen molar-refractivity contribution < 1.29 is 9.52 Å². The predicted octanol–water partition coefficient (Wildman–Crippen LogP) is 4.27. The van der Waals surface area contributed by atoms with Crippen molar-refractivity contribution in [2.45, 2.75) is 38.8 Å². The van der Waals surface area contributed by atoms with Crippen LogP contribution in [0.5, 0.6) is 0 Å². The van der Waals surface area contributed by atoms with Crippen LogP contribution in [0.1, 0.15) is 26.7 Å². The van der Waals surface area contributed by atoms with Crippen molar-refractivity contribution in [3.8, 4) is 11.5 Å². The summed E-state index contributed by atoms with van der Waals surface area (Å²) in [4.78, 5) is 10.9. The molecule has 0 spiro atoms. The van der Waals surface area contributed by atoms with E-state index in [0.717, 1.165) is 46.5 Å². The zero-order valence-corrected chi connectivity index (χ0v) is 18.8. The number of anilines is 4. The first-order chi connectivity index (χ1) is 15.6. The van der Waals surface area contributed by atoms with Gasteiger partial charge in [-0.2, -0.15) is 0 Å². The topological polar surface area (TPSA) is 112 Å². The summed E-state index contributed by atoms with van der Waals surface area (Å²) in [7, 11) is 0. The van der Waals surface area contributed by atoms with Crippen molar-refractivity contribution >= 4 is 44.8 Å². The molecule has 0 amide bonds. The Morgan fingerprint density at radius 1 is 1.25 bits per heavy atom. The predicted molar refractivity (Wildman–Crippen MR) is 127 cm³/mol. The van der Waals surface area contributed by atoms with E-state index < -0.39 is 0 Å². The summed E-state index contributed by atoms with van der Waals surface area (Å²) in [6.07, 6.45) is 3.66. The quantitative estimate of drug-likeness (QED) is 0.379. The minimum Gasteiger partial charge on any atom is -0.403 e. The maximum atomic E-state index is 9.60. The molecule has 5 rings (SSSR count). The first-order valence-electron chi connectivity index (χ1n) is 10.7. The Morgan fingerprint density at radius 3 is 3.00 bits per heavy atom. The number of hydrogen-bond acceptors (Lipinski definition) is 10. The van der Waals surface area contributed by atoms with Gasteiger partial charge in [-0.05, 0) is 44.9 Å². The van der Waals surface area contributed by atoms with E-state index in [2.05, 4.69) is 50.7 Å². The van der Waals surface area contributed by atoms with E-state index in [0.29, 0.717) is 17.7 Å². The molecule has 1 fully saturated rings. The Bertz CT molecular complexity index is 1220. The molecule has 0 saturated carbocycles. The Balaban J connectivity index is 1.43. The summed E-state index contributed by atoms with van der Waals surface area (Å²) in [5.41, 5.74) is 5.36. The fourth-order valence-electron chi connectivity index (χ4n) is 3.92. The number of nitrogens with one attached hydrogen (secondary N) is 2. The lowest BCUT2D eigenvalue weighted by atomic mass is 10.2. The van der Waals surface area contributed by atoms with Crippen molar-refractivity contribution in [2.24, 2.45) is 0 Å². The molecule has 1 atom stereocenters. The average Bonchev–Trinajstić information content (AvgIpc) is 3.53. The highest BCUT2D eigenvalue weighted by Crippen LogP contribution is 2.33. The summed E-state index contributed by atoms with van der Waals surface area (Å²) in [5.74, 6) is 1.11. The molecule has 0 aliphatic carbocycles. The molecule has 3 aromatic heterocycles. The van der Waals surface area contributed by atoms with Gasteiger partial charge >= 0.3 is 6.01 Å². The van der Waals surface area contributed by atoms with Gasteiger partial charge in [0, 0.05) is 30.5 Å². The van der Waals surface area contributed by atoms with Crippen LogP contribution in [0.2, 0.25) is 0 Å². The molecule has 0 radical (unpaired) electrons. The summed E-state index contributed by atoms with van der Waals surface area (Å²) < 4.78 is 7.11. The minimum atomic E-state index is 0.0251. The molecule has 1 aliphatic rings. The molecule has 3 N–H and O–H groups in total. The molecule has 10 heteroatoms. The Morgan fingerprint density at radius 2 is 2.16 bits per heavy atom. The fourth-order valence-corrected chi connectivity index (χ4v) is 4.64. The fraction of sp³-hybridized carbons (Fsp3) is 0.364. The monoisotopic (exact) mass is 451 g/mol. The van der Waals surface area contributed by atoms with Gasteiger partial charge in [0.2, 0.25) is 0 Å². The van der Waals surface area contributed by atoms with Gasteiger partial charge in [0.15, 0.2) is 0 Å². The zero-order valence-electron chi connectivity index (χ0n) is 17.9. The van der Waals surface area contributed by atoms with E-state index in [-0.39, 0.29) is 18.7 Å². The van der Waals surface area contributed by atoms with Gasteiger partial charge < -0.3 is 25.1 Å². The molecule has 1 saturated heterocycles. The molecular formula is C22H25N7O2S. The summed E-state index contributed by atoms with van der Waals surface area (Å²) >= 11 is 1.61. The van der Waals surface area contributed by atoms with Crippen LogP contribution >= 0.6 is 11.3 Å². The number of pyridine rings is 1. The molecular weight excluding hydrogens is 426 g/mol. The van der Waals surface area contributed by atoms with E-state index in [1.807, 2.05) is 28.6 Å². The van der Waals surface area contributed by atoms with E-state index in [9.17, 15) is 5.11 Å². The Hall–Kier alpha value is -3.24. The normalized spacial score (nSPS) is 16.2. The van der Waals surface area contributed by atoms with Gasteiger partial charge in [-0.1, -0.05) is 5.10 Å². The summed E-state index contributed by atoms with van der Waals surface area (Å²) in [6, 6.07) is 8.67. The third kappa shape index (κ3) is 4.11. The highest BCUT2D eigenvalue weighted by molar-refractivity contribution is 7.16. The minimum absolute atomic E-state index is 0.0251. The molecule has 9 nitrogen and oxygen atoms in total. The van der Waals surface area contributed by atoms with Gasteiger partial charge in [0.25, 0.3) is 5.89 Å². The first kappa shape index (κ1) is 20.7. The standard InChI is InChI=1S/C22H25N7O2S/c1-13(2)25-18-9-20(26-14-5-6-17-19(8-14)32-12-24-17)23-10-16(18)21-27-28-22(31-21)29-7-3-4-15(29)11-30/h5-6,8-10,12-13,15,30H,3-4,7,11H2,1-2H3,(H2,23,25,26). The first-order valence-corrected chi connectivity index (χ1v) is 11.6. The van der Waals surface area contributed by atoms with E-state index in [1.165, 1.54) is 0 Å². The van der Waals surface area contributed by atoms with Gasteiger partial charge in [0.1, 0.15) is 5.82 Å². The van der Waals surface area contributed by atoms with Crippen LogP contribution in [-0.4, -0.2) is 50.5 Å². The van der Waals surface area contributed by atoms with Crippen molar-refractivity contribution in [2.75, 3.05) is 28.7 Å². The van der Waals surface area contributed by atoms with E-state index in [1.54, 1.807) is 17.5 Å². The van der Waals surface area contributed by atoms with Crippen LogP contribution in [0.3, 0.4) is 0 Å². The molecule has 1 aliphatic heterocycles. The highest BCUT2D eigenvalue weighted by Gasteiger charge is 2.28. The zero-order chi connectivity index (χ0) is 22.1. The number of nitrogens with zero attached hydrogens (tertiary/aromatic N) is 5. The van der Waals surface area contributed by atoms with E-state index in [4.69, 9.17) is 4.42 Å². The maximum Gasteiger partial charge on any atom is 0.318 e. The summed E-state index contributed by atoms with van der Waals surface area (Å²) in [6.45, 7) is 5.02. The second-order valence-corrected chi connectivity index (χ2v) is 9.02. The molecule has 166 valence electrons. The van der Waals surface area contributed by atoms with Gasteiger partial charge in [0.05, 0.1) is 39.6 Å². The number of aliphatic hydroxyl groups excluding tert-OH is 1. The lowest BCUT2D eigenvalue weighted by Crippen LogP contribution is -2.32. The lowest BCUT2D eigenvalue weighted by Gasteiger charge is -2.19. The maximum absolute atomic E-state index is 9.60. The number of aromatic nitrogens is 4. The third-order valence-corrected chi connectivity index (χ3v) is 6.22. The van der Waals surface area contributed by atoms with Crippen LogP contribution < -0.4 is 15.5 Å². The second kappa shape index (κ2) is 8.71. The van der Waals surface area contributed by atoms with Crippen LogP contribution in [0, 0.1) is 0 Å². The van der Waals surface area contributed by atoms with Crippen molar-refractivity contribution in [1.29, 1.82) is 0 Å². The number of rotatable bonds is 7. The number of aliphatic hydroxyl groups is 1. The van der Waals surface area contributed by atoms with Gasteiger partial charge in [-0.25, -0.2) is 9.97 Å². The molecule has 4 aromatic rings. The van der Waals surface area contributed by atoms with Crippen LogP contribution in [0.25, 0.3) is 21.7 Å². The number of fused-ring (bicyclic) bond motifs is 1. The second-order valence-electron chi connectivity index (χ2n) is 8.14. The number of benzene rings is 1. The van der Waals surface area contributed by atoms with Gasteiger partial charge in [-0.15, -0.1) is 16.4 Å². The number of hydrogen-bond donors (Lipinski definition) is 3. The molecule has 0 bridgehead atoms.